The van der Waals surface area contributed by atoms with Crippen molar-refractivity contribution in [3.63, 3.8) is 0 Å². The van der Waals surface area contributed by atoms with Crippen molar-refractivity contribution < 1.29 is 14.0 Å². The van der Waals surface area contributed by atoms with E-state index in [4.69, 9.17) is 0 Å². The minimum absolute atomic E-state index is 0.0211. The van der Waals surface area contributed by atoms with Crippen LogP contribution in [0, 0.1) is 12.7 Å². The van der Waals surface area contributed by atoms with Gasteiger partial charge in [-0.2, -0.15) is 0 Å². The van der Waals surface area contributed by atoms with Crippen molar-refractivity contribution in [2.75, 3.05) is 13.1 Å². The lowest BCUT2D eigenvalue weighted by Crippen LogP contribution is -2.34. The molecule has 0 heterocycles. The molecule has 2 N–H and O–H groups in total. The number of halogens is 1. The van der Waals surface area contributed by atoms with E-state index in [2.05, 4.69) is 10.6 Å². The highest BCUT2D eigenvalue weighted by Crippen LogP contribution is 2.09. The number of aryl methyl sites for hydroxylation is 1. The van der Waals surface area contributed by atoms with Crippen LogP contribution < -0.4 is 10.6 Å². The zero-order chi connectivity index (χ0) is 12.8. The average Bonchev–Trinajstić information content (AvgIpc) is 2.27. The number of hydrogen-bond acceptors (Lipinski definition) is 2. The summed E-state index contributed by atoms with van der Waals surface area (Å²) in [5.41, 5.74) is 0.839. The third-order valence-corrected chi connectivity index (χ3v) is 2.15. The molecule has 0 aromatic heterocycles. The van der Waals surface area contributed by atoms with Gasteiger partial charge in [0, 0.05) is 20.0 Å². The first-order chi connectivity index (χ1) is 8.00. The number of amides is 2. The second-order valence-electron chi connectivity index (χ2n) is 3.72. The molecular weight excluding hydrogens is 223 g/mol. The maximum Gasteiger partial charge on any atom is 0.254 e. The SMILES string of the molecule is CC(=O)NCCNC(=O)c1cc(C)ccc1F. The van der Waals surface area contributed by atoms with Gasteiger partial charge in [-0.3, -0.25) is 9.59 Å². The van der Waals surface area contributed by atoms with Crippen molar-refractivity contribution in [2.24, 2.45) is 0 Å². The van der Waals surface area contributed by atoms with E-state index < -0.39 is 11.7 Å². The molecule has 5 heteroatoms. The summed E-state index contributed by atoms with van der Waals surface area (Å²) < 4.78 is 13.3. The molecule has 4 nitrogen and oxygen atoms in total. The molecule has 0 aliphatic carbocycles. The summed E-state index contributed by atoms with van der Waals surface area (Å²) in [5.74, 6) is -1.19. The van der Waals surface area contributed by atoms with Gasteiger partial charge in [0.25, 0.3) is 5.91 Å². The van der Waals surface area contributed by atoms with Crippen molar-refractivity contribution >= 4 is 11.8 Å². The van der Waals surface area contributed by atoms with Gasteiger partial charge >= 0.3 is 0 Å². The van der Waals surface area contributed by atoms with Gasteiger partial charge in [0.2, 0.25) is 5.91 Å². The van der Waals surface area contributed by atoms with Gasteiger partial charge in [0.1, 0.15) is 5.82 Å². The first-order valence-electron chi connectivity index (χ1n) is 5.29. The summed E-state index contributed by atoms with van der Waals surface area (Å²) in [6.45, 7) is 3.77. The molecule has 0 aliphatic rings. The van der Waals surface area contributed by atoms with Crippen LogP contribution >= 0.6 is 0 Å². The van der Waals surface area contributed by atoms with Crippen molar-refractivity contribution in [1.82, 2.24) is 10.6 Å². The van der Waals surface area contributed by atoms with Crippen LogP contribution in [-0.2, 0) is 4.79 Å². The minimum atomic E-state index is -0.548. The largest absolute Gasteiger partial charge is 0.355 e. The van der Waals surface area contributed by atoms with Gasteiger partial charge in [-0.15, -0.1) is 0 Å². The summed E-state index contributed by atoms with van der Waals surface area (Å²) >= 11 is 0. The molecule has 0 atom stereocenters. The van der Waals surface area contributed by atoms with Crippen molar-refractivity contribution in [2.45, 2.75) is 13.8 Å². The molecule has 1 aromatic rings. The van der Waals surface area contributed by atoms with Crippen molar-refractivity contribution in [3.05, 3.63) is 35.1 Å². The molecule has 92 valence electrons. The third kappa shape index (κ3) is 4.22. The van der Waals surface area contributed by atoms with E-state index in [0.29, 0.717) is 6.54 Å². The van der Waals surface area contributed by atoms with Gasteiger partial charge in [-0.1, -0.05) is 11.6 Å². The summed E-state index contributed by atoms with van der Waals surface area (Å²) in [5, 5.41) is 5.06. The standard InChI is InChI=1S/C12H15FN2O2/c1-8-3-4-11(13)10(7-8)12(17)15-6-5-14-9(2)16/h3-4,7H,5-6H2,1-2H3,(H,14,16)(H,15,17). The monoisotopic (exact) mass is 238 g/mol. The number of carbonyl (C=O) groups is 2. The van der Waals surface area contributed by atoms with Crippen LogP contribution in [0.4, 0.5) is 4.39 Å². The zero-order valence-electron chi connectivity index (χ0n) is 9.84. The van der Waals surface area contributed by atoms with Crippen LogP contribution in [-0.4, -0.2) is 24.9 Å². The summed E-state index contributed by atoms with van der Waals surface area (Å²) in [6.07, 6.45) is 0. The van der Waals surface area contributed by atoms with Crippen molar-refractivity contribution in [1.29, 1.82) is 0 Å². The number of carbonyl (C=O) groups excluding carboxylic acids is 2. The Morgan fingerprint density at radius 3 is 2.53 bits per heavy atom. The van der Waals surface area contributed by atoms with Crippen LogP contribution in [0.3, 0.4) is 0 Å². The quantitative estimate of drug-likeness (QED) is 0.769. The Kier molecular flexibility index (Phi) is 4.63. The molecule has 0 fully saturated rings. The van der Waals surface area contributed by atoms with E-state index in [1.165, 1.54) is 19.1 Å². The molecule has 0 spiro atoms. The molecular formula is C12H15FN2O2. The minimum Gasteiger partial charge on any atom is -0.355 e. The molecule has 0 unspecified atom stereocenters. The van der Waals surface area contributed by atoms with Gasteiger partial charge in [0.15, 0.2) is 0 Å². The second-order valence-corrected chi connectivity index (χ2v) is 3.72. The first-order valence-corrected chi connectivity index (χ1v) is 5.29. The highest BCUT2D eigenvalue weighted by molar-refractivity contribution is 5.94. The fourth-order valence-corrected chi connectivity index (χ4v) is 1.32. The second kappa shape index (κ2) is 5.98. The maximum atomic E-state index is 13.3. The van der Waals surface area contributed by atoms with E-state index in [0.717, 1.165) is 5.56 Å². The number of benzene rings is 1. The number of nitrogens with one attached hydrogen (secondary N) is 2. The average molecular weight is 238 g/mol. The molecule has 0 aliphatic heterocycles. The Labute approximate surface area is 99.2 Å². The Bertz CT molecular complexity index is 433. The highest BCUT2D eigenvalue weighted by atomic mass is 19.1. The molecule has 1 rings (SSSR count). The van der Waals surface area contributed by atoms with E-state index >= 15 is 0 Å². The van der Waals surface area contributed by atoms with Gasteiger partial charge in [-0.05, 0) is 19.1 Å². The molecule has 2 amide bonds. The lowest BCUT2D eigenvalue weighted by Gasteiger charge is -2.07. The Morgan fingerprint density at radius 1 is 1.24 bits per heavy atom. The highest BCUT2D eigenvalue weighted by Gasteiger charge is 2.10. The van der Waals surface area contributed by atoms with E-state index in [1.807, 2.05) is 0 Å². The first kappa shape index (κ1) is 13.2. The topological polar surface area (TPSA) is 58.2 Å². The Balaban J connectivity index is 2.52. The summed E-state index contributed by atoms with van der Waals surface area (Å²) in [7, 11) is 0. The van der Waals surface area contributed by atoms with Crippen LogP contribution in [0.5, 0.6) is 0 Å². The van der Waals surface area contributed by atoms with Gasteiger partial charge in [0.05, 0.1) is 5.56 Å². The third-order valence-electron chi connectivity index (χ3n) is 2.15. The normalized spacial score (nSPS) is 9.82. The number of rotatable bonds is 4. The summed E-state index contributed by atoms with van der Waals surface area (Å²) in [4.78, 5) is 22.2. The van der Waals surface area contributed by atoms with Gasteiger partial charge in [-0.25, -0.2) is 4.39 Å². The molecule has 0 radical (unpaired) electrons. The molecule has 1 aromatic carbocycles. The Morgan fingerprint density at radius 2 is 1.88 bits per heavy atom. The van der Waals surface area contributed by atoms with Crippen LogP contribution in [0.15, 0.2) is 18.2 Å². The van der Waals surface area contributed by atoms with Crippen LogP contribution in [0.25, 0.3) is 0 Å². The van der Waals surface area contributed by atoms with Crippen molar-refractivity contribution in [3.8, 4) is 0 Å². The van der Waals surface area contributed by atoms with Gasteiger partial charge < -0.3 is 10.6 Å². The summed E-state index contributed by atoms with van der Waals surface area (Å²) in [6, 6.07) is 4.35. The maximum absolute atomic E-state index is 13.3. The lowest BCUT2D eigenvalue weighted by atomic mass is 10.1. The molecule has 0 saturated heterocycles. The van der Waals surface area contributed by atoms with Crippen LogP contribution in [0.2, 0.25) is 0 Å². The van der Waals surface area contributed by atoms with E-state index in [9.17, 15) is 14.0 Å². The Hall–Kier alpha value is -1.91. The zero-order valence-corrected chi connectivity index (χ0v) is 9.84. The van der Waals surface area contributed by atoms with Crippen LogP contribution in [0.1, 0.15) is 22.8 Å². The molecule has 0 bridgehead atoms. The smallest absolute Gasteiger partial charge is 0.254 e. The number of hydrogen-bond donors (Lipinski definition) is 2. The predicted molar refractivity (Wildman–Crippen MR) is 62.2 cm³/mol. The lowest BCUT2D eigenvalue weighted by molar-refractivity contribution is -0.118. The molecule has 17 heavy (non-hydrogen) atoms. The predicted octanol–water partition coefficient (Wildman–Crippen LogP) is 1.00. The fourth-order valence-electron chi connectivity index (χ4n) is 1.32. The van der Waals surface area contributed by atoms with E-state index in [-0.39, 0.29) is 18.0 Å². The fraction of sp³-hybridized carbons (Fsp3) is 0.333. The van der Waals surface area contributed by atoms with E-state index in [1.54, 1.807) is 13.0 Å². The molecule has 0 saturated carbocycles.